The second kappa shape index (κ2) is 9.30. The summed E-state index contributed by atoms with van der Waals surface area (Å²) in [7, 11) is -2.97. The molecule has 1 aromatic carbocycles. The summed E-state index contributed by atoms with van der Waals surface area (Å²) >= 11 is 0. The zero-order chi connectivity index (χ0) is 14.8. The summed E-state index contributed by atoms with van der Waals surface area (Å²) < 4.78 is 28.6. The van der Waals surface area contributed by atoms with Crippen LogP contribution in [-0.2, 0) is 25.0 Å². The number of benzene rings is 1. The van der Waals surface area contributed by atoms with Crippen molar-refractivity contribution < 1.29 is 18.3 Å². The highest BCUT2D eigenvalue weighted by molar-refractivity contribution is 7.53. The molecule has 0 fully saturated rings. The van der Waals surface area contributed by atoms with E-state index in [9.17, 15) is 4.57 Å². The van der Waals surface area contributed by atoms with Gasteiger partial charge in [0.15, 0.2) is 0 Å². The average molecular weight is 300 g/mol. The molecule has 1 aromatic rings. The zero-order valence-electron chi connectivity index (χ0n) is 12.6. The van der Waals surface area contributed by atoms with Gasteiger partial charge in [0.2, 0.25) is 0 Å². The van der Waals surface area contributed by atoms with E-state index in [2.05, 4.69) is 0 Å². The summed E-state index contributed by atoms with van der Waals surface area (Å²) in [6, 6.07) is 10.00. The molecule has 20 heavy (non-hydrogen) atoms. The first-order valence-electron chi connectivity index (χ1n) is 7.09. The number of rotatable bonds is 10. The van der Waals surface area contributed by atoms with E-state index in [0.29, 0.717) is 32.6 Å². The molecule has 114 valence electrons. The van der Waals surface area contributed by atoms with E-state index < -0.39 is 7.60 Å². The molecule has 0 aliphatic heterocycles. The van der Waals surface area contributed by atoms with E-state index in [0.717, 1.165) is 5.56 Å². The fourth-order valence-corrected chi connectivity index (χ4v) is 3.86. The van der Waals surface area contributed by atoms with Gasteiger partial charge in [-0.25, -0.2) is 0 Å². The van der Waals surface area contributed by atoms with Gasteiger partial charge in [0, 0.05) is 0 Å². The molecule has 0 heterocycles. The molecule has 0 saturated heterocycles. The summed E-state index contributed by atoms with van der Waals surface area (Å²) in [6.07, 6.45) is 0.392. The van der Waals surface area contributed by atoms with Crippen LogP contribution in [-0.4, -0.2) is 26.0 Å². The standard InChI is InChI=1S/C15H25O4P/c1-4-18-20(16,19-5-2)13-14(3)11-17-12-15-9-7-6-8-10-15/h6-10,14H,4-5,11-13H2,1-3H3. The van der Waals surface area contributed by atoms with Gasteiger partial charge >= 0.3 is 7.60 Å². The highest BCUT2D eigenvalue weighted by Crippen LogP contribution is 2.49. The van der Waals surface area contributed by atoms with Crippen molar-refractivity contribution in [3.8, 4) is 0 Å². The van der Waals surface area contributed by atoms with Gasteiger partial charge in [0.05, 0.1) is 32.6 Å². The molecule has 0 aliphatic carbocycles. The van der Waals surface area contributed by atoms with Crippen LogP contribution in [0.2, 0.25) is 0 Å². The minimum atomic E-state index is -2.97. The minimum absolute atomic E-state index is 0.127. The first-order chi connectivity index (χ1) is 9.59. The SMILES string of the molecule is CCOP(=O)(CC(C)COCc1ccccc1)OCC. The second-order valence-corrected chi connectivity index (χ2v) is 6.84. The Kier molecular flexibility index (Phi) is 8.08. The fourth-order valence-electron chi connectivity index (χ4n) is 1.92. The van der Waals surface area contributed by atoms with Gasteiger partial charge in [0.1, 0.15) is 0 Å². The molecule has 1 unspecified atom stereocenters. The third-order valence-electron chi connectivity index (χ3n) is 2.70. The van der Waals surface area contributed by atoms with Gasteiger partial charge < -0.3 is 13.8 Å². The number of ether oxygens (including phenoxy) is 1. The van der Waals surface area contributed by atoms with E-state index in [1.165, 1.54) is 0 Å². The van der Waals surface area contributed by atoms with Crippen LogP contribution < -0.4 is 0 Å². The van der Waals surface area contributed by atoms with Crippen molar-refractivity contribution in [2.75, 3.05) is 26.0 Å². The normalized spacial score (nSPS) is 13.3. The van der Waals surface area contributed by atoms with E-state index in [1.807, 2.05) is 51.1 Å². The van der Waals surface area contributed by atoms with Gasteiger partial charge in [-0.15, -0.1) is 0 Å². The van der Waals surface area contributed by atoms with Crippen LogP contribution in [0.15, 0.2) is 30.3 Å². The lowest BCUT2D eigenvalue weighted by molar-refractivity contribution is 0.0948. The Morgan fingerprint density at radius 2 is 1.70 bits per heavy atom. The van der Waals surface area contributed by atoms with Crippen molar-refractivity contribution in [2.45, 2.75) is 27.4 Å². The van der Waals surface area contributed by atoms with Gasteiger partial charge in [-0.1, -0.05) is 37.3 Å². The maximum Gasteiger partial charge on any atom is 0.331 e. The Hall–Kier alpha value is -0.670. The molecule has 4 nitrogen and oxygen atoms in total. The van der Waals surface area contributed by atoms with E-state index in [4.69, 9.17) is 13.8 Å². The molecular weight excluding hydrogens is 275 g/mol. The predicted molar refractivity (Wildman–Crippen MR) is 81.0 cm³/mol. The Morgan fingerprint density at radius 1 is 1.10 bits per heavy atom. The second-order valence-electron chi connectivity index (χ2n) is 4.73. The maximum absolute atomic E-state index is 12.4. The van der Waals surface area contributed by atoms with Crippen molar-refractivity contribution in [3.05, 3.63) is 35.9 Å². The van der Waals surface area contributed by atoms with Crippen LogP contribution in [0.5, 0.6) is 0 Å². The minimum Gasteiger partial charge on any atom is -0.376 e. The van der Waals surface area contributed by atoms with E-state index in [-0.39, 0.29) is 5.92 Å². The molecule has 0 aromatic heterocycles. The molecule has 1 atom stereocenters. The lowest BCUT2D eigenvalue weighted by Gasteiger charge is -2.20. The summed E-state index contributed by atoms with van der Waals surface area (Å²) in [4.78, 5) is 0. The van der Waals surface area contributed by atoms with Crippen molar-refractivity contribution in [1.82, 2.24) is 0 Å². The molecule has 0 amide bonds. The van der Waals surface area contributed by atoms with Gasteiger partial charge in [-0.2, -0.15) is 0 Å². The predicted octanol–water partition coefficient (Wildman–Crippen LogP) is 4.11. The first kappa shape index (κ1) is 17.4. The maximum atomic E-state index is 12.4. The lowest BCUT2D eigenvalue weighted by atomic mass is 10.2. The summed E-state index contributed by atoms with van der Waals surface area (Å²) in [5, 5.41) is 0. The fraction of sp³-hybridized carbons (Fsp3) is 0.600. The summed E-state index contributed by atoms with van der Waals surface area (Å²) in [6.45, 7) is 7.54. The van der Waals surface area contributed by atoms with Gasteiger partial charge in [-0.3, -0.25) is 4.57 Å². The van der Waals surface area contributed by atoms with Crippen molar-refractivity contribution in [1.29, 1.82) is 0 Å². The molecule has 0 aliphatic rings. The first-order valence-corrected chi connectivity index (χ1v) is 8.82. The molecule has 0 radical (unpaired) electrons. The van der Waals surface area contributed by atoms with Crippen molar-refractivity contribution in [3.63, 3.8) is 0 Å². The van der Waals surface area contributed by atoms with Crippen LogP contribution in [0.3, 0.4) is 0 Å². The van der Waals surface area contributed by atoms with Gasteiger partial charge in [0.25, 0.3) is 0 Å². The molecule has 1 rings (SSSR count). The van der Waals surface area contributed by atoms with Crippen LogP contribution in [0.4, 0.5) is 0 Å². The molecule has 0 N–H and O–H groups in total. The van der Waals surface area contributed by atoms with E-state index in [1.54, 1.807) is 0 Å². The topological polar surface area (TPSA) is 44.8 Å². The molecule has 0 saturated carbocycles. The molecule has 5 heteroatoms. The monoisotopic (exact) mass is 300 g/mol. The Labute approximate surface area is 122 Å². The van der Waals surface area contributed by atoms with Crippen LogP contribution in [0.25, 0.3) is 0 Å². The molecular formula is C15H25O4P. The smallest absolute Gasteiger partial charge is 0.331 e. The number of hydrogen-bond acceptors (Lipinski definition) is 4. The summed E-state index contributed by atoms with van der Waals surface area (Å²) in [5.41, 5.74) is 1.14. The van der Waals surface area contributed by atoms with Crippen LogP contribution in [0, 0.1) is 5.92 Å². The largest absolute Gasteiger partial charge is 0.376 e. The Morgan fingerprint density at radius 3 is 2.25 bits per heavy atom. The quantitative estimate of drug-likeness (QED) is 0.610. The highest BCUT2D eigenvalue weighted by Gasteiger charge is 2.26. The summed E-state index contributed by atoms with van der Waals surface area (Å²) in [5.74, 6) is 0.127. The highest BCUT2D eigenvalue weighted by atomic mass is 31.2. The number of hydrogen-bond donors (Lipinski definition) is 0. The lowest BCUT2D eigenvalue weighted by Crippen LogP contribution is -2.13. The third kappa shape index (κ3) is 6.67. The van der Waals surface area contributed by atoms with Crippen molar-refractivity contribution >= 4 is 7.60 Å². The molecule has 0 spiro atoms. The zero-order valence-corrected chi connectivity index (χ0v) is 13.5. The van der Waals surface area contributed by atoms with Crippen molar-refractivity contribution in [2.24, 2.45) is 5.92 Å². The Bertz CT molecular complexity index is 398. The molecule has 0 bridgehead atoms. The van der Waals surface area contributed by atoms with E-state index >= 15 is 0 Å². The van der Waals surface area contributed by atoms with Gasteiger partial charge in [-0.05, 0) is 25.3 Å². The third-order valence-corrected chi connectivity index (χ3v) is 5.07. The van der Waals surface area contributed by atoms with Crippen LogP contribution >= 0.6 is 7.60 Å². The Balaban J connectivity index is 2.34. The average Bonchev–Trinajstić information content (AvgIpc) is 2.40. The van der Waals surface area contributed by atoms with Crippen LogP contribution in [0.1, 0.15) is 26.3 Å².